The first kappa shape index (κ1) is 8.91. The SMILES string of the molecule is CC(C)C(=O)NC1(C)CSC1. The molecule has 1 saturated heterocycles. The van der Waals surface area contributed by atoms with Gasteiger partial charge in [-0.3, -0.25) is 4.79 Å². The fourth-order valence-corrected chi connectivity index (χ4v) is 1.88. The number of hydrogen-bond donors (Lipinski definition) is 1. The second kappa shape index (κ2) is 3.05. The molecule has 0 aromatic rings. The Hall–Kier alpha value is -0.180. The summed E-state index contributed by atoms with van der Waals surface area (Å²) in [5, 5.41) is 3.03. The number of thioether (sulfide) groups is 1. The molecule has 1 fully saturated rings. The highest BCUT2D eigenvalue weighted by Crippen LogP contribution is 2.28. The van der Waals surface area contributed by atoms with E-state index in [0.29, 0.717) is 0 Å². The van der Waals surface area contributed by atoms with E-state index in [1.165, 1.54) is 0 Å². The van der Waals surface area contributed by atoms with Gasteiger partial charge >= 0.3 is 0 Å². The summed E-state index contributed by atoms with van der Waals surface area (Å²) in [6, 6.07) is 0. The highest BCUT2D eigenvalue weighted by Gasteiger charge is 2.34. The molecule has 3 heteroatoms. The minimum atomic E-state index is 0.0893. The predicted molar refractivity (Wildman–Crippen MR) is 48.7 cm³/mol. The average Bonchev–Trinajstić information content (AvgIpc) is 1.84. The third-order valence-corrected chi connectivity index (χ3v) is 3.47. The zero-order chi connectivity index (χ0) is 8.48. The van der Waals surface area contributed by atoms with Gasteiger partial charge in [-0.15, -0.1) is 0 Å². The van der Waals surface area contributed by atoms with Crippen molar-refractivity contribution in [3.05, 3.63) is 0 Å². The summed E-state index contributed by atoms with van der Waals surface area (Å²) in [5.74, 6) is 2.40. The molecule has 0 aliphatic carbocycles. The van der Waals surface area contributed by atoms with E-state index in [4.69, 9.17) is 0 Å². The molecule has 0 radical (unpaired) electrons. The molecular weight excluding hydrogens is 158 g/mol. The Bertz CT molecular complexity index is 163. The van der Waals surface area contributed by atoms with E-state index in [2.05, 4.69) is 12.2 Å². The highest BCUT2D eigenvalue weighted by atomic mass is 32.2. The summed E-state index contributed by atoms with van der Waals surface area (Å²) in [4.78, 5) is 11.2. The van der Waals surface area contributed by atoms with Crippen LogP contribution in [-0.4, -0.2) is 23.0 Å². The second-order valence-corrected chi connectivity index (χ2v) is 4.68. The fraction of sp³-hybridized carbons (Fsp3) is 0.875. The van der Waals surface area contributed by atoms with Crippen LogP contribution in [0.5, 0.6) is 0 Å². The van der Waals surface area contributed by atoms with Gasteiger partial charge in [0.25, 0.3) is 0 Å². The summed E-state index contributed by atoms with van der Waals surface area (Å²) >= 11 is 1.88. The van der Waals surface area contributed by atoms with Gasteiger partial charge in [0.15, 0.2) is 0 Å². The molecule has 1 heterocycles. The molecule has 0 bridgehead atoms. The van der Waals surface area contributed by atoms with Crippen molar-refractivity contribution in [2.75, 3.05) is 11.5 Å². The second-order valence-electron chi connectivity index (χ2n) is 3.70. The van der Waals surface area contributed by atoms with Crippen molar-refractivity contribution in [3.63, 3.8) is 0 Å². The number of rotatable bonds is 2. The number of amides is 1. The van der Waals surface area contributed by atoms with Crippen LogP contribution in [0.3, 0.4) is 0 Å². The van der Waals surface area contributed by atoms with Gasteiger partial charge in [-0.05, 0) is 6.92 Å². The molecular formula is C8H15NOS. The van der Waals surface area contributed by atoms with Crippen LogP contribution < -0.4 is 5.32 Å². The van der Waals surface area contributed by atoms with Crippen LogP contribution in [0.4, 0.5) is 0 Å². The van der Waals surface area contributed by atoms with Crippen LogP contribution in [0.2, 0.25) is 0 Å². The molecule has 1 aliphatic rings. The third-order valence-electron chi connectivity index (χ3n) is 1.79. The highest BCUT2D eigenvalue weighted by molar-refractivity contribution is 8.00. The first-order chi connectivity index (χ1) is 5.03. The monoisotopic (exact) mass is 173 g/mol. The molecule has 1 N–H and O–H groups in total. The molecule has 0 atom stereocenters. The van der Waals surface area contributed by atoms with Crippen molar-refractivity contribution in [3.8, 4) is 0 Å². The molecule has 1 aliphatic heterocycles. The third kappa shape index (κ3) is 2.12. The van der Waals surface area contributed by atoms with Gasteiger partial charge in [0, 0.05) is 17.4 Å². The van der Waals surface area contributed by atoms with Crippen LogP contribution >= 0.6 is 11.8 Å². The average molecular weight is 173 g/mol. The van der Waals surface area contributed by atoms with Crippen molar-refractivity contribution < 1.29 is 4.79 Å². The summed E-state index contributed by atoms with van der Waals surface area (Å²) in [6.45, 7) is 5.94. The van der Waals surface area contributed by atoms with Crippen LogP contribution in [0.25, 0.3) is 0 Å². The molecule has 11 heavy (non-hydrogen) atoms. The molecule has 0 unspecified atom stereocenters. The summed E-state index contributed by atoms with van der Waals surface area (Å²) in [6.07, 6.45) is 0. The van der Waals surface area contributed by atoms with E-state index in [-0.39, 0.29) is 17.4 Å². The lowest BCUT2D eigenvalue weighted by atomic mass is 10.1. The van der Waals surface area contributed by atoms with Crippen molar-refractivity contribution in [2.45, 2.75) is 26.3 Å². The van der Waals surface area contributed by atoms with Crippen molar-refractivity contribution in [2.24, 2.45) is 5.92 Å². The lowest BCUT2D eigenvalue weighted by Crippen LogP contribution is -2.56. The van der Waals surface area contributed by atoms with E-state index in [9.17, 15) is 4.79 Å². The van der Waals surface area contributed by atoms with Gasteiger partial charge in [0.2, 0.25) is 5.91 Å². The predicted octanol–water partition coefficient (Wildman–Crippen LogP) is 1.26. The molecule has 1 rings (SSSR count). The number of carbonyl (C=O) groups is 1. The Balaban J connectivity index is 2.35. The van der Waals surface area contributed by atoms with E-state index in [1.54, 1.807) is 0 Å². The number of hydrogen-bond acceptors (Lipinski definition) is 2. The quantitative estimate of drug-likeness (QED) is 0.681. The maximum atomic E-state index is 11.2. The van der Waals surface area contributed by atoms with Crippen LogP contribution in [0.15, 0.2) is 0 Å². The number of nitrogens with one attached hydrogen (secondary N) is 1. The molecule has 2 nitrogen and oxygen atoms in total. The van der Waals surface area contributed by atoms with Crippen molar-refractivity contribution in [1.82, 2.24) is 5.32 Å². The first-order valence-electron chi connectivity index (χ1n) is 3.93. The summed E-state index contributed by atoms with van der Waals surface area (Å²) in [5.41, 5.74) is 0.0893. The van der Waals surface area contributed by atoms with Crippen LogP contribution in [0, 0.1) is 5.92 Å². The maximum absolute atomic E-state index is 11.2. The molecule has 0 aromatic heterocycles. The number of carbonyl (C=O) groups excluding carboxylic acids is 1. The largest absolute Gasteiger partial charge is 0.349 e. The summed E-state index contributed by atoms with van der Waals surface area (Å²) in [7, 11) is 0. The smallest absolute Gasteiger partial charge is 0.223 e. The van der Waals surface area contributed by atoms with Crippen LogP contribution in [-0.2, 0) is 4.79 Å². The van der Waals surface area contributed by atoms with Gasteiger partial charge in [-0.1, -0.05) is 13.8 Å². The Morgan fingerprint density at radius 3 is 2.36 bits per heavy atom. The molecule has 0 spiro atoms. The van der Waals surface area contributed by atoms with Crippen molar-refractivity contribution >= 4 is 17.7 Å². The first-order valence-corrected chi connectivity index (χ1v) is 5.09. The lowest BCUT2D eigenvalue weighted by Gasteiger charge is -2.38. The Morgan fingerprint density at radius 2 is 2.09 bits per heavy atom. The lowest BCUT2D eigenvalue weighted by molar-refractivity contribution is -0.125. The van der Waals surface area contributed by atoms with Crippen LogP contribution in [0.1, 0.15) is 20.8 Å². The molecule has 64 valence electrons. The zero-order valence-corrected chi connectivity index (χ0v) is 8.12. The van der Waals surface area contributed by atoms with E-state index >= 15 is 0 Å². The van der Waals surface area contributed by atoms with Gasteiger partial charge < -0.3 is 5.32 Å². The fourth-order valence-electron chi connectivity index (χ4n) is 0.922. The van der Waals surface area contributed by atoms with Gasteiger partial charge in [0.05, 0.1) is 5.54 Å². The van der Waals surface area contributed by atoms with Gasteiger partial charge in [-0.2, -0.15) is 11.8 Å². The molecule has 0 aromatic carbocycles. The standard InChI is InChI=1S/C8H15NOS/c1-6(2)7(10)9-8(3)4-11-5-8/h6H,4-5H2,1-3H3,(H,9,10). The minimum absolute atomic E-state index is 0.0893. The Morgan fingerprint density at radius 1 is 1.55 bits per heavy atom. The molecule has 1 amide bonds. The Kier molecular flexibility index (Phi) is 2.47. The topological polar surface area (TPSA) is 29.1 Å². The molecule has 0 saturated carbocycles. The van der Waals surface area contributed by atoms with Gasteiger partial charge in [-0.25, -0.2) is 0 Å². The summed E-state index contributed by atoms with van der Waals surface area (Å²) < 4.78 is 0. The maximum Gasteiger partial charge on any atom is 0.223 e. The van der Waals surface area contributed by atoms with Crippen molar-refractivity contribution in [1.29, 1.82) is 0 Å². The minimum Gasteiger partial charge on any atom is -0.349 e. The van der Waals surface area contributed by atoms with Gasteiger partial charge in [0.1, 0.15) is 0 Å². The van der Waals surface area contributed by atoms with E-state index in [1.807, 2.05) is 25.6 Å². The normalized spacial score (nSPS) is 21.1. The zero-order valence-electron chi connectivity index (χ0n) is 7.31. The Labute approximate surface area is 72.1 Å². The van der Waals surface area contributed by atoms with E-state index < -0.39 is 0 Å². The van der Waals surface area contributed by atoms with E-state index in [0.717, 1.165) is 11.5 Å².